The van der Waals surface area contributed by atoms with Crippen LogP contribution in [0.25, 0.3) is 0 Å². The molecule has 0 nitrogen and oxygen atoms in total. The number of rotatable bonds is 6. The highest BCUT2D eigenvalue weighted by atomic mass is 79.9. The van der Waals surface area contributed by atoms with E-state index in [2.05, 4.69) is 53.9 Å². The van der Waals surface area contributed by atoms with E-state index >= 15 is 0 Å². The Kier molecular flexibility index (Phi) is 9.33. The average Bonchev–Trinajstić information content (AvgIpc) is 2.23. The summed E-state index contributed by atoms with van der Waals surface area (Å²) in [5.41, 5.74) is 1.09. The van der Waals surface area contributed by atoms with E-state index in [0.29, 0.717) is 5.88 Å². The van der Waals surface area contributed by atoms with Gasteiger partial charge in [0, 0.05) is 5.88 Å². The second-order valence-corrected chi connectivity index (χ2v) is 10.1. The molecule has 6 heteroatoms. The summed E-state index contributed by atoms with van der Waals surface area (Å²) in [6.45, 7) is 3.97. The molecule has 0 saturated heterocycles. The number of halogens is 6. The molecule has 0 aromatic carbocycles. The molecular weight excluding hydrogens is 466 g/mol. The Hall–Kier alpha value is 2.05. The highest BCUT2D eigenvalue weighted by Gasteiger charge is 2.28. The van der Waals surface area contributed by atoms with Gasteiger partial charge >= 0.3 is 0 Å². The summed E-state index contributed by atoms with van der Waals surface area (Å²) in [5, 5.41) is -0.144. The van der Waals surface area contributed by atoms with Crippen molar-refractivity contribution in [3.05, 3.63) is 11.6 Å². The van der Waals surface area contributed by atoms with Crippen molar-refractivity contribution in [1.82, 2.24) is 0 Å². The smallest absolute Gasteiger partial charge is 0.0898 e. The third kappa shape index (κ3) is 6.29. The topological polar surface area (TPSA) is 0 Å². The number of hydrogen-bond donors (Lipinski definition) is 0. The molecule has 0 unspecified atom stereocenters. The Balaban J connectivity index is 4.37. The Labute approximate surface area is 138 Å². The second-order valence-electron chi connectivity index (χ2n) is 3.80. The van der Waals surface area contributed by atoms with Crippen LogP contribution in [0.4, 0.5) is 0 Å². The summed E-state index contributed by atoms with van der Waals surface area (Å²) in [4.78, 5) is 0. The normalized spacial score (nSPS) is 20.7. The van der Waals surface area contributed by atoms with Crippen LogP contribution in [0, 0.1) is 0 Å². The fourth-order valence-electron chi connectivity index (χ4n) is 0.930. The first-order valence-corrected chi connectivity index (χ1v) is 8.73. The van der Waals surface area contributed by atoms with Gasteiger partial charge < -0.3 is 0 Å². The maximum absolute atomic E-state index is 6.26. The lowest BCUT2D eigenvalue weighted by Crippen LogP contribution is -2.30. The Morgan fingerprint density at radius 3 is 2.25 bits per heavy atom. The van der Waals surface area contributed by atoms with E-state index in [4.69, 9.17) is 34.8 Å². The molecule has 0 saturated carbocycles. The van der Waals surface area contributed by atoms with Gasteiger partial charge in [-0.05, 0) is 20.3 Å². The number of hydrogen-bond acceptors (Lipinski definition) is 0. The van der Waals surface area contributed by atoms with Crippen LogP contribution in [0.2, 0.25) is 0 Å². The van der Waals surface area contributed by atoms with E-state index in [1.807, 2.05) is 13.8 Å². The van der Waals surface area contributed by atoms with Crippen LogP contribution >= 0.6 is 82.6 Å². The third-order valence-electron chi connectivity index (χ3n) is 2.22. The Morgan fingerprint density at radius 1 is 1.38 bits per heavy atom. The zero-order chi connectivity index (χ0) is 12.9. The van der Waals surface area contributed by atoms with Crippen molar-refractivity contribution >= 4 is 82.6 Å². The van der Waals surface area contributed by atoms with Gasteiger partial charge in [-0.15, -0.1) is 34.8 Å². The molecule has 0 fully saturated rings. The van der Waals surface area contributed by atoms with E-state index in [0.717, 1.165) is 12.0 Å². The lowest BCUT2D eigenvalue weighted by Gasteiger charge is -2.24. The molecule has 0 rings (SSSR count). The van der Waals surface area contributed by atoms with Crippen molar-refractivity contribution in [3.63, 3.8) is 0 Å². The van der Waals surface area contributed by atoms with E-state index in [1.165, 1.54) is 0 Å². The summed E-state index contributed by atoms with van der Waals surface area (Å²) in [6, 6.07) is 0. The molecule has 0 aliphatic rings. The minimum atomic E-state index is -0.253. The van der Waals surface area contributed by atoms with Crippen molar-refractivity contribution in [3.8, 4) is 0 Å². The lowest BCUT2D eigenvalue weighted by molar-refractivity contribution is 0.675. The summed E-state index contributed by atoms with van der Waals surface area (Å²) in [7, 11) is 0. The fraction of sp³-hybridized carbons (Fsp3) is 0.800. The van der Waals surface area contributed by atoms with Crippen LogP contribution in [0.5, 0.6) is 0 Å². The maximum Gasteiger partial charge on any atom is 0.0898 e. The largest absolute Gasteiger partial charge is 0.125 e. The van der Waals surface area contributed by atoms with Gasteiger partial charge in [0.1, 0.15) is 0 Å². The van der Waals surface area contributed by atoms with Crippen LogP contribution in [0.15, 0.2) is 11.6 Å². The standard InChI is InChI=1S/C10H14Br3Cl3/c1-6(8(16)9(11)12)3-4-7(15)10(2,13)5-14/h3,7-9H,4-5H2,1-2H3/b6-3+/t7-,8-,10-/m0/s1. The molecule has 0 aliphatic carbocycles. The SMILES string of the molecule is C/C(=C\C[C@H](Cl)[C@@](C)(Br)CCl)[C@H](Cl)C(Br)Br. The first-order valence-electron chi connectivity index (χ1n) is 4.70. The molecular formula is C10H14Br3Cl3. The van der Waals surface area contributed by atoms with Gasteiger partial charge in [-0.1, -0.05) is 59.4 Å². The molecule has 0 spiro atoms. The molecule has 0 aromatic rings. The van der Waals surface area contributed by atoms with E-state index in [1.54, 1.807) is 0 Å². The average molecular weight is 480 g/mol. The molecule has 16 heavy (non-hydrogen) atoms. The summed E-state index contributed by atoms with van der Waals surface area (Å²) in [6.07, 6.45) is 2.79. The Morgan fingerprint density at radius 2 is 1.88 bits per heavy atom. The zero-order valence-electron chi connectivity index (χ0n) is 8.99. The van der Waals surface area contributed by atoms with Crippen LogP contribution in [-0.4, -0.2) is 24.7 Å². The second kappa shape index (κ2) is 8.27. The summed E-state index contributed by atoms with van der Waals surface area (Å²) in [5.74, 6) is 0.470. The molecule has 0 amide bonds. The predicted octanol–water partition coefficient (Wildman–Crippen LogP) is 6.05. The Bertz CT molecular complexity index is 241. The molecule has 0 aromatic heterocycles. The van der Waals surface area contributed by atoms with Gasteiger partial charge in [-0.3, -0.25) is 0 Å². The highest BCUT2D eigenvalue weighted by Crippen LogP contribution is 2.31. The van der Waals surface area contributed by atoms with Crippen molar-refractivity contribution in [2.75, 3.05) is 5.88 Å². The van der Waals surface area contributed by atoms with Crippen molar-refractivity contribution in [2.45, 2.75) is 39.1 Å². The van der Waals surface area contributed by atoms with Gasteiger partial charge in [0.15, 0.2) is 0 Å². The van der Waals surface area contributed by atoms with Gasteiger partial charge in [-0.2, -0.15) is 0 Å². The molecule has 0 N–H and O–H groups in total. The lowest BCUT2D eigenvalue weighted by atomic mass is 10.0. The quantitative estimate of drug-likeness (QED) is 0.321. The minimum Gasteiger partial charge on any atom is -0.125 e. The van der Waals surface area contributed by atoms with Crippen LogP contribution in [0.3, 0.4) is 0 Å². The first kappa shape index (κ1) is 18.0. The minimum absolute atomic E-state index is 0.0621. The number of alkyl halides is 6. The van der Waals surface area contributed by atoms with Crippen LogP contribution in [0.1, 0.15) is 20.3 Å². The van der Waals surface area contributed by atoms with E-state index < -0.39 is 0 Å². The van der Waals surface area contributed by atoms with Crippen molar-refractivity contribution in [1.29, 1.82) is 0 Å². The van der Waals surface area contributed by atoms with Crippen molar-refractivity contribution in [2.24, 2.45) is 0 Å². The summed E-state index contributed by atoms with van der Waals surface area (Å²) >= 11 is 28.5. The zero-order valence-corrected chi connectivity index (χ0v) is 16.0. The maximum atomic E-state index is 6.26. The van der Waals surface area contributed by atoms with Crippen LogP contribution < -0.4 is 0 Å². The first-order chi connectivity index (χ1) is 7.22. The fourth-order valence-corrected chi connectivity index (χ4v) is 2.47. The van der Waals surface area contributed by atoms with Crippen molar-refractivity contribution < 1.29 is 0 Å². The van der Waals surface area contributed by atoms with E-state index in [9.17, 15) is 0 Å². The third-order valence-corrected chi connectivity index (χ3v) is 7.11. The van der Waals surface area contributed by atoms with Gasteiger partial charge in [0.2, 0.25) is 0 Å². The monoisotopic (exact) mass is 476 g/mol. The van der Waals surface area contributed by atoms with Gasteiger partial charge in [0.25, 0.3) is 0 Å². The summed E-state index contributed by atoms with van der Waals surface area (Å²) < 4.78 is -0.188. The number of allylic oxidation sites excluding steroid dienone is 2. The van der Waals surface area contributed by atoms with Gasteiger partial charge in [-0.25, -0.2) is 0 Å². The molecule has 96 valence electrons. The molecule has 0 bridgehead atoms. The predicted molar refractivity (Wildman–Crippen MR) is 87.4 cm³/mol. The molecule has 3 atom stereocenters. The molecule has 0 aliphatic heterocycles. The highest BCUT2D eigenvalue weighted by molar-refractivity contribution is 9.24. The van der Waals surface area contributed by atoms with E-state index in [-0.39, 0.29) is 18.8 Å². The van der Waals surface area contributed by atoms with Gasteiger partial charge in [0.05, 0.1) is 18.8 Å². The van der Waals surface area contributed by atoms with Crippen LogP contribution in [-0.2, 0) is 0 Å². The molecule has 0 heterocycles. The molecule has 0 radical (unpaired) electrons.